The van der Waals surface area contributed by atoms with Crippen LogP contribution < -0.4 is 9.47 Å². The third kappa shape index (κ3) is 2.45. The van der Waals surface area contributed by atoms with E-state index in [-0.39, 0.29) is 0 Å². The molecule has 0 amide bonds. The van der Waals surface area contributed by atoms with E-state index in [0.717, 1.165) is 57.9 Å². The van der Waals surface area contributed by atoms with Gasteiger partial charge in [-0.05, 0) is 30.7 Å². The van der Waals surface area contributed by atoms with Gasteiger partial charge in [0.2, 0.25) is 0 Å². The number of nitrogens with zero attached hydrogens (tertiary/aromatic N) is 4. The average Bonchev–Trinajstić information content (AvgIpc) is 3.02. The fourth-order valence-corrected chi connectivity index (χ4v) is 3.39. The topological polar surface area (TPSA) is 62.1 Å². The van der Waals surface area contributed by atoms with E-state index >= 15 is 0 Å². The molecule has 130 valence electrons. The Hall–Kier alpha value is -3.15. The van der Waals surface area contributed by atoms with Gasteiger partial charge in [-0.3, -0.25) is 4.98 Å². The lowest BCUT2D eigenvalue weighted by molar-refractivity contribution is 0.173. The van der Waals surface area contributed by atoms with Crippen molar-refractivity contribution in [3.8, 4) is 11.5 Å². The minimum absolute atomic E-state index is 0.560. The second-order valence-corrected chi connectivity index (χ2v) is 6.39. The number of ether oxygens (including phenoxy) is 2. The van der Waals surface area contributed by atoms with Crippen LogP contribution in [0.5, 0.6) is 11.5 Å². The zero-order valence-electron chi connectivity index (χ0n) is 14.5. The first-order valence-corrected chi connectivity index (χ1v) is 8.74. The van der Waals surface area contributed by atoms with E-state index in [9.17, 15) is 0 Å². The second kappa shape index (κ2) is 5.98. The number of aryl methyl sites for hydroxylation is 3. The van der Waals surface area contributed by atoms with Gasteiger partial charge < -0.3 is 14.0 Å². The largest absolute Gasteiger partial charge is 0.486 e. The minimum atomic E-state index is 0.560. The number of benzene rings is 2. The van der Waals surface area contributed by atoms with Gasteiger partial charge in [0.25, 0.3) is 0 Å². The highest BCUT2D eigenvalue weighted by atomic mass is 16.6. The molecular weight excluding hydrogens is 328 g/mol. The van der Waals surface area contributed by atoms with E-state index in [1.807, 2.05) is 49.6 Å². The van der Waals surface area contributed by atoms with Crippen molar-refractivity contribution in [2.24, 2.45) is 7.05 Å². The molecule has 2 aromatic heterocycles. The van der Waals surface area contributed by atoms with Crippen LogP contribution in [0.3, 0.4) is 0 Å². The number of aromatic nitrogens is 4. The van der Waals surface area contributed by atoms with Crippen molar-refractivity contribution < 1.29 is 9.47 Å². The van der Waals surface area contributed by atoms with E-state index < -0.39 is 0 Å². The Labute approximate surface area is 150 Å². The average molecular weight is 346 g/mol. The maximum atomic E-state index is 5.79. The Morgan fingerprint density at radius 3 is 2.73 bits per heavy atom. The zero-order chi connectivity index (χ0) is 17.5. The monoisotopic (exact) mass is 346 g/mol. The van der Waals surface area contributed by atoms with Crippen molar-refractivity contribution in [3.05, 3.63) is 54.1 Å². The lowest BCUT2D eigenvalue weighted by Crippen LogP contribution is -2.15. The number of rotatable bonds is 3. The summed E-state index contributed by atoms with van der Waals surface area (Å²) in [6, 6.07) is 11.9. The van der Waals surface area contributed by atoms with Gasteiger partial charge in [0.05, 0.1) is 22.2 Å². The van der Waals surface area contributed by atoms with Crippen molar-refractivity contribution in [3.63, 3.8) is 0 Å². The summed E-state index contributed by atoms with van der Waals surface area (Å²) in [6.45, 7) is 1.14. The number of hydrogen-bond acceptors (Lipinski definition) is 5. The molecule has 4 aromatic rings. The van der Waals surface area contributed by atoms with Crippen molar-refractivity contribution in [1.82, 2.24) is 19.5 Å². The molecule has 1 aliphatic heterocycles. The molecule has 0 bridgehead atoms. The van der Waals surface area contributed by atoms with Crippen LogP contribution in [-0.4, -0.2) is 32.7 Å². The summed E-state index contributed by atoms with van der Waals surface area (Å²) < 4.78 is 13.6. The first kappa shape index (κ1) is 15.1. The molecule has 26 heavy (non-hydrogen) atoms. The SMILES string of the molecule is Cn1c(CCc2cnc3ccccc3n2)nc2c3c(ccc21)OCCO3. The van der Waals surface area contributed by atoms with E-state index in [1.54, 1.807) is 0 Å². The van der Waals surface area contributed by atoms with Gasteiger partial charge in [-0.15, -0.1) is 0 Å². The molecule has 5 rings (SSSR count). The van der Waals surface area contributed by atoms with Crippen molar-refractivity contribution in [2.45, 2.75) is 12.8 Å². The Morgan fingerprint density at radius 2 is 1.81 bits per heavy atom. The van der Waals surface area contributed by atoms with Crippen LogP contribution in [0.1, 0.15) is 11.5 Å². The molecule has 0 aliphatic carbocycles. The molecule has 0 spiro atoms. The van der Waals surface area contributed by atoms with Crippen LogP contribution in [0.15, 0.2) is 42.6 Å². The first-order valence-electron chi connectivity index (χ1n) is 8.74. The summed E-state index contributed by atoms with van der Waals surface area (Å²) in [6.07, 6.45) is 3.42. The quantitative estimate of drug-likeness (QED) is 0.570. The highest BCUT2D eigenvalue weighted by Gasteiger charge is 2.19. The number of hydrogen-bond donors (Lipinski definition) is 0. The Balaban J connectivity index is 1.46. The van der Waals surface area contributed by atoms with Gasteiger partial charge in [-0.25, -0.2) is 9.97 Å². The maximum Gasteiger partial charge on any atom is 0.189 e. The van der Waals surface area contributed by atoms with Crippen LogP contribution in [0, 0.1) is 0 Å². The molecule has 0 saturated carbocycles. The molecule has 0 N–H and O–H groups in total. The molecule has 6 heteroatoms. The van der Waals surface area contributed by atoms with Crippen molar-refractivity contribution >= 4 is 22.1 Å². The number of imidazole rings is 1. The van der Waals surface area contributed by atoms with Gasteiger partial charge in [0.15, 0.2) is 11.5 Å². The molecule has 0 atom stereocenters. The Kier molecular flexibility index (Phi) is 3.48. The predicted octanol–water partition coefficient (Wildman–Crippen LogP) is 3.07. The molecule has 6 nitrogen and oxygen atoms in total. The molecule has 1 aliphatic rings. The lowest BCUT2D eigenvalue weighted by atomic mass is 10.2. The third-order valence-corrected chi connectivity index (χ3v) is 4.75. The third-order valence-electron chi connectivity index (χ3n) is 4.75. The predicted molar refractivity (Wildman–Crippen MR) is 98.7 cm³/mol. The number of para-hydroxylation sites is 2. The Morgan fingerprint density at radius 1 is 0.962 bits per heavy atom. The van der Waals surface area contributed by atoms with Gasteiger partial charge in [0, 0.05) is 19.7 Å². The van der Waals surface area contributed by atoms with Crippen LogP contribution >= 0.6 is 0 Å². The van der Waals surface area contributed by atoms with Gasteiger partial charge in [-0.1, -0.05) is 12.1 Å². The molecule has 3 heterocycles. The maximum absolute atomic E-state index is 5.79. The van der Waals surface area contributed by atoms with E-state index in [2.05, 4.69) is 9.55 Å². The van der Waals surface area contributed by atoms with Crippen LogP contribution in [0.4, 0.5) is 0 Å². The summed E-state index contributed by atoms with van der Waals surface area (Å²) >= 11 is 0. The summed E-state index contributed by atoms with van der Waals surface area (Å²) in [5, 5.41) is 0. The van der Waals surface area contributed by atoms with Gasteiger partial charge in [-0.2, -0.15) is 0 Å². The zero-order valence-corrected chi connectivity index (χ0v) is 14.5. The van der Waals surface area contributed by atoms with Gasteiger partial charge in [0.1, 0.15) is 24.6 Å². The smallest absolute Gasteiger partial charge is 0.189 e. The van der Waals surface area contributed by atoms with E-state index in [0.29, 0.717) is 13.2 Å². The highest BCUT2D eigenvalue weighted by Crippen LogP contribution is 2.37. The number of fused-ring (bicyclic) bond motifs is 4. The molecule has 2 aromatic carbocycles. The molecule has 0 fully saturated rings. The normalized spacial score (nSPS) is 13.4. The summed E-state index contributed by atoms with van der Waals surface area (Å²) in [5.74, 6) is 2.52. The highest BCUT2D eigenvalue weighted by molar-refractivity contribution is 5.85. The van der Waals surface area contributed by atoms with Crippen LogP contribution in [-0.2, 0) is 19.9 Å². The molecule has 0 radical (unpaired) electrons. The molecule has 0 saturated heterocycles. The lowest BCUT2D eigenvalue weighted by Gasteiger charge is -2.18. The van der Waals surface area contributed by atoms with Crippen molar-refractivity contribution in [2.75, 3.05) is 13.2 Å². The fourth-order valence-electron chi connectivity index (χ4n) is 3.39. The van der Waals surface area contributed by atoms with Crippen LogP contribution in [0.2, 0.25) is 0 Å². The molecule has 0 unspecified atom stereocenters. The van der Waals surface area contributed by atoms with Gasteiger partial charge >= 0.3 is 0 Å². The summed E-state index contributed by atoms with van der Waals surface area (Å²) in [4.78, 5) is 14.0. The standard InChI is InChI=1S/C20H18N4O2/c1-24-16-7-8-17-20(26-11-10-25-17)19(16)23-18(24)9-6-13-12-21-14-4-2-3-5-15(14)22-13/h2-5,7-8,12H,6,9-11H2,1H3. The van der Waals surface area contributed by atoms with E-state index in [1.165, 1.54) is 0 Å². The summed E-state index contributed by atoms with van der Waals surface area (Å²) in [7, 11) is 2.03. The minimum Gasteiger partial charge on any atom is -0.486 e. The molecular formula is C20H18N4O2. The Bertz CT molecular complexity index is 1120. The fraction of sp³-hybridized carbons (Fsp3) is 0.250. The van der Waals surface area contributed by atoms with E-state index in [4.69, 9.17) is 19.4 Å². The second-order valence-electron chi connectivity index (χ2n) is 6.39. The summed E-state index contributed by atoms with van der Waals surface area (Å²) in [5.41, 5.74) is 4.73. The first-order chi connectivity index (χ1) is 12.8. The van der Waals surface area contributed by atoms with Crippen molar-refractivity contribution in [1.29, 1.82) is 0 Å². The van der Waals surface area contributed by atoms with Crippen LogP contribution in [0.25, 0.3) is 22.1 Å².